The number of hydrazone groups is 1. The minimum Gasteiger partial charge on any atom is -0.301 e. The van der Waals surface area contributed by atoms with Gasteiger partial charge in [0.1, 0.15) is 12.3 Å². The first-order chi connectivity index (χ1) is 10.8. The molecule has 0 spiro atoms. The Hall–Kier alpha value is -2.42. The third-order valence-electron chi connectivity index (χ3n) is 4.20. The molecule has 1 heterocycles. The molecule has 2 unspecified atom stereocenters. The summed E-state index contributed by atoms with van der Waals surface area (Å²) in [4.78, 5) is 11.4. The smallest absolute Gasteiger partial charge is 0.144 e. The van der Waals surface area contributed by atoms with E-state index >= 15 is 0 Å². The third kappa shape index (κ3) is 2.93. The van der Waals surface area contributed by atoms with Gasteiger partial charge in [-0.3, -0.25) is 5.01 Å². The van der Waals surface area contributed by atoms with Gasteiger partial charge in [0, 0.05) is 17.7 Å². The predicted octanol–water partition coefficient (Wildman–Crippen LogP) is 3.35. The van der Waals surface area contributed by atoms with Crippen LogP contribution in [0.3, 0.4) is 0 Å². The molecule has 2 aromatic carbocycles. The Morgan fingerprint density at radius 1 is 1.05 bits per heavy atom. The summed E-state index contributed by atoms with van der Waals surface area (Å²) in [6, 6.07) is 20.1. The van der Waals surface area contributed by atoms with Crippen LogP contribution in [-0.4, -0.2) is 29.6 Å². The van der Waals surface area contributed by atoms with Crippen LogP contribution in [0, 0.1) is 5.92 Å². The van der Waals surface area contributed by atoms with Crippen LogP contribution < -0.4 is 0 Å². The fraction of sp³-hybridized carbons (Fsp3) is 0.263. The van der Waals surface area contributed by atoms with Crippen molar-refractivity contribution in [3.63, 3.8) is 0 Å². The molecule has 0 aromatic heterocycles. The number of hydrogen-bond donors (Lipinski definition) is 0. The van der Waals surface area contributed by atoms with E-state index in [-0.39, 0.29) is 6.04 Å². The summed E-state index contributed by atoms with van der Waals surface area (Å²) in [6.45, 7) is 2.94. The first-order valence-corrected chi connectivity index (χ1v) is 7.71. The fourth-order valence-corrected chi connectivity index (χ4v) is 2.87. The molecule has 0 radical (unpaired) electrons. The van der Waals surface area contributed by atoms with Gasteiger partial charge < -0.3 is 4.79 Å². The average molecular weight is 292 g/mol. The number of hydrogen-bond acceptors (Lipinski definition) is 3. The standard InChI is InChI=1S/C19H20N2O/c1-15-12-13-21(18(15)14-22)20-19(16-8-4-2-5-9-16)17-10-6-3-7-11-17/h2-11,14-15,18H,12-13H2,1H3. The lowest BCUT2D eigenvalue weighted by Crippen LogP contribution is -2.30. The van der Waals surface area contributed by atoms with Crippen molar-refractivity contribution >= 4 is 12.0 Å². The molecule has 1 fully saturated rings. The van der Waals surface area contributed by atoms with Gasteiger partial charge in [0.2, 0.25) is 0 Å². The number of nitrogens with zero attached hydrogens (tertiary/aromatic N) is 2. The first kappa shape index (κ1) is 14.5. The normalized spacial score (nSPS) is 20.7. The summed E-state index contributed by atoms with van der Waals surface area (Å²) in [5, 5.41) is 6.77. The van der Waals surface area contributed by atoms with Crippen molar-refractivity contribution in [1.82, 2.24) is 5.01 Å². The van der Waals surface area contributed by atoms with Crippen molar-refractivity contribution in [2.45, 2.75) is 19.4 Å². The van der Waals surface area contributed by atoms with E-state index in [9.17, 15) is 4.79 Å². The van der Waals surface area contributed by atoms with Gasteiger partial charge in [-0.25, -0.2) is 0 Å². The summed E-state index contributed by atoms with van der Waals surface area (Å²) in [6.07, 6.45) is 2.03. The maximum atomic E-state index is 11.4. The highest BCUT2D eigenvalue weighted by atomic mass is 16.1. The number of benzene rings is 2. The highest BCUT2D eigenvalue weighted by molar-refractivity contribution is 6.12. The Kier molecular flexibility index (Phi) is 4.33. The zero-order valence-corrected chi connectivity index (χ0v) is 12.7. The zero-order chi connectivity index (χ0) is 15.4. The van der Waals surface area contributed by atoms with Crippen LogP contribution >= 0.6 is 0 Å². The molecule has 22 heavy (non-hydrogen) atoms. The Bertz CT molecular complexity index is 610. The number of carbonyl (C=O) groups is 1. The van der Waals surface area contributed by atoms with Crippen molar-refractivity contribution in [1.29, 1.82) is 0 Å². The van der Waals surface area contributed by atoms with Gasteiger partial charge in [0.25, 0.3) is 0 Å². The molecule has 3 heteroatoms. The SMILES string of the molecule is CC1CCN(N=C(c2ccccc2)c2ccccc2)C1C=O. The molecule has 2 atom stereocenters. The van der Waals surface area contributed by atoms with E-state index < -0.39 is 0 Å². The van der Waals surface area contributed by atoms with Crippen LogP contribution in [0.15, 0.2) is 65.8 Å². The number of carbonyl (C=O) groups excluding carboxylic acids is 1. The van der Waals surface area contributed by atoms with Crippen LogP contribution in [0.4, 0.5) is 0 Å². The van der Waals surface area contributed by atoms with Crippen molar-refractivity contribution in [2.24, 2.45) is 11.0 Å². The van der Waals surface area contributed by atoms with Crippen LogP contribution in [0.1, 0.15) is 24.5 Å². The van der Waals surface area contributed by atoms with Gasteiger partial charge in [-0.05, 0) is 12.3 Å². The molecule has 3 rings (SSSR count). The monoisotopic (exact) mass is 292 g/mol. The highest BCUT2D eigenvalue weighted by Gasteiger charge is 2.30. The Morgan fingerprint density at radius 2 is 1.59 bits per heavy atom. The first-order valence-electron chi connectivity index (χ1n) is 7.71. The van der Waals surface area contributed by atoms with E-state index in [1.54, 1.807) is 0 Å². The molecular formula is C19H20N2O. The van der Waals surface area contributed by atoms with E-state index in [4.69, 9.17) is 5.10 Å². The topological polar surface area (TPSA) is 32.7 Å². The van der Waals surface area contributed by atoms with Gasteiger partial charge in [0.05, 0.1) is 5.71 Å². The molecule has 0 N–H and O–H groups in total. The predicted molar refractivity (Wildman–Crippen MR) is 88.9 cm³/mol. The van der Waals surface area contributed by atoms with Gasteiger partial charge in [-0.15, -0.1) is 0 Å². The second-order valence-corrected chi connectivity index (χ2v) is 5.74. The molecule has 0 bridgehead atoms. The summed E-state index contributed by atoms with van der Waals surface area (Å²) in [5.74, 6) is 0.356. The van der Waals surface area contributed by atoms with Gasteiger partial charge in [-0.2, -0.15) is 5.10 Å². The maximum Gasteiger partial charge on any atom is 0.144 e. The lowest BCUT2D eigenvalue weighted by molar-refractivity contribution is -0.112. The van der Waals surface area contributed by atoms with Crippen molar-refractivity contribution in [3.05, 3.63) is 71.8 Å². The summed E-state index contributed by atoms with van der Waals surface area (Å²) in [5.41, 5.74) is 3.05. The Labute approximate surface area is 131 Å². The molecule has 0 saturated carbocycles. The van der Waals surface area contributed by atoms with Crippen molar-refractivity contribution in [3.8, 4) is 0 Å². The van der Waals surface area contributed by atoms with Crippen LogP contribution in [0.2, 0.25) is 0 Å². The number of rotatable bonds is 4. The van der Waals surface area contributed by atoms with Crippen LogP contribution in [-0.2, 0) is 4.79 Å². The number of aldehydes is 1. The van der Waals surface area contributed by atoms with Gasteiger partial charge >= 0.3 is 0 Å². The largest absolute Gasteiger partial charge is 0.301 e. The second-order valence-electron chi connectivity index (χ2n) is 5.74. The van der Waals surface area contributed by atoms with Crippen LogP contribution in [0.5, 0.6) is 0 Å². The average Bonchev–Trinajstić information content (AvgIpc) is 2.94. The Balaban J connectivity index is 2.03. The molecule has 112 valence electrons. The maximum absolute atomic E-state index is 11.4. The van der Waals surface area contributed by atoms with Gasteiger partial charge in [-0.1, -0.05) is 67.6 Å². The van der Waals surface area contributed by atoms with Crippen LogP contribution in [0.25, 0.3) is 0 Å². The molecule has 0 amide bonds. The summed E-state index contributed by atoms with van der Waals surface area (Å²) >= 11 is 0. The molecule has 3 nitrogen and oxygen atoms in total. The zero-order valence-electron chi connectivity index (χ0n) is 12.7. The summed E-state index contributed by atoms with van der Waals surface area (Å²) in [7, 11) is 0. The Morgan fingerprint density at radius 3 is 2.09 bits per heavy atom. The molecule has 1 aliphatic heterocycles. The highest BCUT2D eigenvalue weighted by Crippen LogP contribution is 2.24. The van der Waals surface area contributed by atoms with E-state index in [1.807, 2.05) is 41.4 Å². The minimum absolute atomic E-state index is 0.123. The van der Waals surface area contributed by atoms with E-state index in [2.05, 4.69) is 31.2 Å². The second kappa shape index (κ2) is 6.56. The molecule has 1 aliphatic rings. The van der Waals surface area contributed by atoms with Crippen molar-refractivity contribution in [2.75, 3.05) is 6.54 Å². The van der Waals surface area contributed by atoms with E-state index in [1.165, 1.54) is 0 Å². The molecular weight excluding hydrogens is 272 g/mol. The van der Waals surface area contributed by atoms with E-state index in [0.717, 1.165) is 36.1 Å². The molecule has 0 aliphatic carbocycles. The minimum atomic E-state index is -0.123. The van der Waals surface area contributed by atoms with Crippen molar-refractivity contribution < 1.29 is 4.79 Å². The molecule has 1 saturated heterocycles. The quantitative estimate of drug-likeness (QED) is 0.639. The fourth-order valence-electron chi connectivity index (χ4n) is 2.87. The molecule has 2 aromatic rings. The summed E-state index contributed by atoms with van der Waals surface area (Å²) < 4.78 is 0. The third-order valence-corrected chi connectivity index (χ3v) is 4.20. The van der Waals surface area contributed by atoms with Gasteiger partial charge in [0.15, 0.2) is 0 Å². The lowest BCUT2D eigenvalue weighted by Gasteiger charge is -2.20. The lowest BCUT2D eigenvalue weighted by atomic mass is 10.0. The van der Waals surface area contributed by atoms with E-state index in [0.29, 0.717) is 5.92 Å².